The van der Waals surface area contributed by atoms with Crippen molar-refractivity contribution in [2.75, 3.05) is 20.2 Å². The van der Waals surface area contributed by atoms with Crippen molar-refractivity contribution in [3.63, 3.8) is 0 Å². The summed E-state index contributed by atoms with van der Waals surface area (Å²) < 4.78 is 0. The molecule has 3 N–H and O–H groups in total. The quantitative estimate of drug-likeness (QED) is 0.625. The number of aliphatic hydroxyl groups excluding tert-OH is 1. The molecule has 0 bridgehead atoms. The van der Waals surface area contributed by atoms with Crippen molar-refractivity contribution >= 4 is 12.0 Å². The molecule has 1 saturated carbocycles. The second-order valence-electron chi connectivity index (χ2n) is 4.53. The molecule has 1 aliphatic carbocycles. The van der Waals surface area contributed by atoms with Gasteiger partial charge in [-0.2, -0.15) is 0 Å². The Morgan fingerprint density at radius 1 is 1.47 bits per heavy atom. The molecule has 0 aromatic carbocycles. The van der Waals surface area contributed by atoms with Crippen molar-refractivity contribution in [3.8, 4) is 0 Å². The molecule has 0 radical (unpaired) electrons. The molecule has 0 unspecified atom stereocenters. The Morgan fingerprint density at radius 3 is 2.53 bits per heavy atom. The van der Waals surface area contributed by atoms with Gasteiger partial charge in [-0.1, -0.05) is 6.42 Å². The largest absolute Gasteiger partial charge is 0.480 e. The Hall–Kier alpha value is -1.30. The Balaban J connectivity index is 2.36. The summed E-state index contributed by atoms with van der Waals surface area (Å²) in [6.07, 6.45) is 3.51. The summed E-state index contributed by atoms with van der Waals surface area (Å²) in [4.78, 5) is 24.0. The summed E-state index contributed by atoms with van der Waals surface area (Å²) in [6, 6.07) is -1.41. The van der Waals surface area contributed by atoms with Crippen LogP contribution >= 0.6 is 0 Å². The zero-order valence-corrected chi connectivity index (χ0v) is 10.1. The maximum absolute atomic E-state index is 11.7. The minimum absolute atomic E-state index is 0.0261. The molecular formula is C11H20N2O4. The van der Waals surface area contributed by atoms with Crippen molar-refractivity contribution in [2.24, 2.45) is 5.92 Å². The van der Waals surface area contributed by atoms with Crippen LogP contribution in [0.15, 0.2) is 0 Å². The smallest absolute Gasteiger partial charge is 0.326 e. The van der Waals surface area contributed by atoms with Crippen molar-refractivity contribution in [1.82, 2.24) is 10.2 Å². The molecular weight excluding hydrogens is 224 g/mol. The predicted octanol–water partition coefficient (Wildman–Crippen LogP) is 0.263. The summed E-state index contributed by atoms with van der Waals surface area (Å²) in [5, 5.41) is 19.9. The molecule has 0 spiro atoms. The van der Waals surface area contributed by atoms with E-state index in [0.717, 1.165) is 12.8 Å². The molecule has 0 aromatic rings. The van der Waals surface area contributed by atoms with Crippen molar-refractivity contribution in [2.45, 2.75) is 31.7 Å². The normalized spacial score (nSPS) is 17.1. The third-order valence-electron chi connectivity index (χ3n) is 3.12. The number of hydrogen-bond acceptors (Lipinski definition) is 3. The molecule has 1 atom stereocenters. The summed E-state index contributed by atoms with van der Waals surface area (Å²) in [6.45, 7) is 0.404. The number of nitrogens with zero attached hydrogens (tertiary/aromatic N) is 1. The Bertz CT molecular complexity index is 279. The Labute approximate surface area is 101 Å². The number of rotatable bonds is 6. The monoisotopic (exact) mass is 244 g/mol. The van der Waals surface area contributed by atoms with Crippen LogP contribution in [0, 0.1) is 5.92 Å². The van der Waals surface area contributed by atoms with Gasteiger partial charge in [0.15, 0.2) is 0 Å². The first-order chi connectivity index (χ1) is 8.04. The van der Waals surface area contributed by atoms with E-state index in [4.69, 9.17) is 10.2 Å². The van der Waals surface area contributed by atoms with Gasteiger partial charge in [-0.05, 0) is 18.8 Å². The molecule has 17 heavy (non-hydrogen) atoms. The molecule has 6 nitrogen and oxygen atoms in total. The van der Waals surface area contributed by atoms with E-state index >= 15 is 0 Å². The lowest BCUT2D eigenvalue weighted by Crippen LogP contribution is -2.48. The fraction of sp³-hybridized carbons (Fsp3) is 0.818. The van der Waals surface area contributed by atoms with Crippen LogP contribution in [0.5, 0.6) is 0 Å². The van der Waals surface area contributed by atoms with Crippen LogP contribution in [0.25, 0.3) is 0 Å². The van der Waals surface area contributed by atoms with Gasteiger partial charge < -0.3 is 20.4 Å². The van der Waals surface area contributed by atoms with Gasteiger partial charge in [-0.25, -0.2) is 9.59 Å². The van der Waals surface area contributed by atoms with Crippen LogP contribution < -0.4 is 5.32 Å². The Kier molecular flexibility index (Phi) is 5.21. The SMILES string of the molecule is CN(CC1CCC1)C(=O)N[C@H](CCO)C(=O)O. The highest BCUT2D eigenvalue weighted by molar-refractivity contribution is 5.82. The third-order valence-corrected chi connectivity index (χ3v) is 3.12. The van der Waals surface area contributed by atoms with E-state index in [1.54, 1.807) is 7.05 Å². The lowest BCUT2D eigenvalue weighted by atomic mass is 9.85. The lowest BCUT2D eigenvalue weighted by Gasteiger charge is -2.30. The van der Waals surface area contributed by atoms with E-state index in [0.29, 0.717) is 12.5 Å². The fourth-order valence-corrected chi connectivity index (χ4v) is 1.79. The van der Waals surface area contributed by atoms with Crippen LogP contribution in [-0.4, -0.2) is 53.4 Å². The molecule has 0 saturated heterocycles. The van der Waals surface area contributed by atoms with Gasteiger partial charge in [0, 0.05) is 26.6 Å². The summed E-state index contributed by atoms with van der Waals surface area (Å²) in [5.41, 5.74) is 0. The predicted molar refractivity (Wildman–Crippen MR) is 61.6 cm³/mol. The summed E-state index contributed by atoms with van der Waals surface area (Å²) in [5.74, 6) is -0.573. The molecule has 1 aliphatic rings. The number of carboxylic acid groups (broad SMARTS) is 1. The van der Waals surface area contributed by atoms with Crippen molar-refractivity contribution < 1.29 is 19.8 Å². The minimum atomic E-state index is -1.12. The van der Waals surface area contributed by atoms with Gasteiger partial charge in [-0.15, -0.1) is 0 Å². The number of hydrogen-bond donors (Lipinski definition) is 3. The number of carboxylic acids is 1. The summed E-state index contributed by atoms with van der Waals surface area (Å²) >= 11 is 0. The number of aliphatic carboxylic acids is 1. The van der Waals surface area contributed by atoms with Crippen LogP contribution in [-0.2, 0) is 4.79 Å². The third kappa shape index (κ3) is 4.22. The number of aliphatic hydroxyl groups is 1. The number of carbonyl (C=O) groups is 2. The zero-order chi connectivity index (χ0) is 12.8. The van der Waals surface area contributed by atoms with E-state index in [2.05, 4.69) is 5.32 Å². The van der Waals surface area contributed by atoms with Gasteiger partial charge >= 0.3 is 12.0 Å². The topological polar surface area (TPSA) is 89.9 Å². The highest BCUT2D eigenvalue weighted by atomic mass is 16.4. The molecule has 2 amide bonds. The summed E-state index contributed by atoms with van der Waals surface area (Å²) in [7, 11) is 1.66. The van der Waals surface area contributed by atoms with Gasteiger partial charge in [0.25, 0.3) is 0 Å². The standard InChI is InChI=1S/C11H20N2O4/c1-13(7-8-3-2-4-8)11(17)12-9(5-6-14)10(15)16/h8-9,14H,2-7H2,1H3,(H,12,17)(H,15,16)/t9-/m1/s1. The van der Waals surface area contributed by atoms with Crippen LogP contribution in [0.4, 0.5) is 4.79 Å². The minimum Gasteiger partial charge on any atom is -0.480 e. The van der Waals surface area contributed by atoms with E-state index in [-0.39, 0.29) is 13.0 Å². The Morgan fingerprint density at radius 2 is 2.12 bits per heavy atom. The van der Waals surface area contributed by atoms with Gasteiger partial charge in [0.1, 0.15) is 6.04 Å². The lowest BCUT2D eigenvalue weighted by molar-refractivity contribution is -0.139. The molecule has 0 heterocycles. The number of amides is 2. The molecule has 1 rings (SSSR count). The molecule has 98 valence electrons. The van der Waals surface area contributed by atoms with E-state index in [1.165, 1.54) is 11.3 Å². The fourth-order valence-electron chi connectivity index (χ4n) is 1.79. The van der Waals surface area contributed by atoms with Crippen molar-refractivity contribution in [3.05, 3.63) is 0 Å². The maximum atomic E-state index is 11.7. The highest BCUT2D eigenvalue weighted by Crippen LogP contribution is 2.26. The van der Waals surface area contributed by atoms with Gasteiger partial charge in [0.2, 0.25) is 0 Å². The van der Waals surface area contributed by atoms with E-state index < -0.39 is 18.0 Å². The average molecular weight is 244 g/mol. The zero-order valence-electron chi connectivity index (χ0n) is 10.1. The van der Waals surface area contributed by atoms with Crippen LogP contribution in [0.1, 0.15) is 25.7 Å². The number of carbonyl (C=O) groups excluding carboxylic acids is 1. The van der Waals surface area contributed by atoms with Gasteiger partial charge in [-0.3, -0.25) is 0 Å². The first kappa shape index (κ1) is 13.8. The molecule has 6 heteroatoms. The molecule has 0 aromatic heterocycles. The number of urea groups is 1. The first-order valence-corrected chi connectivity index (χ1v) is 5.90. The highest BCUT2D eigenvalue weighted by Gasteiger charge is 2.24. The average Bonchev–Trinajstić information content (AvgIpc) is 2.22. The van der Waals surface area contributed by atoms with Gasteiger partial charge in [0.05, 0.1) is 0 Å². The van der Waals surface area contributed by atoms with Crippen molar-refractivity contribution in [1.29, 1.82) is 0 Å². The van der Waals surface area contributed by atoms with Crippen LogP contribution in [0.3, 0.4) is 0 Å². The van der Waals surface area contributed by atoms with E-state index in [9.17, 15) is 9.59 Å². The second kappa shape index (κ2) is 6.44. The molecule has 0 aliphatic heterocycles. The number of nitrogens with one attached hydrogen (secondary N) is 1. The second-order valence-corrected chi connectivity index (χ2v) is 4.53. The van der Waals surface area contributed by atoms with E-state index in [1.807, 2.05) is 0 Å². The molecule has 1 fully saturated rings. The first-order valence-electron chi connectivity index (χ1n) is 5.90. The van der Waals surface area contributed by atoms with Crippen LogP contribution in [0.2, 0.25) is 0 Å². The maximum Gasteiger partial charge on any atom is 0.326 e.